The van der Waals surface area contributed by atoms with Crippen LogP contribution in [-0.2, 0) is 4.74 Å². The van der Waals surface area contributed by atoms with Crippen molar-refractivity contribution in [2.75, 3.05) is 7.11 Å². The minimum absolute atomic E-state index is 0.421. The molecule has 6 heteroatoms. The Kier molecular flexibility index (Phi) is 3.54. The number of nitrogens with zero attached hydrogens (tertiary/aromatic N) is 1. The molecule has 0 atom stereocenters. The lowest BCUT2D eigenvalue weighted by Gasteiger charge is -2.17. The van der Waals surface area contributed by atoms with Crippen LogP contribution in [0.2, 0.25) is 0 Å². The number of carbonyl (C=O) groups is 1. The summed E-state index contributed by atoms with van der Waals surface area (Å²) < 4.78 is 12.8. The Hall–Kier alpha value is -1.56. The largest absolute Gasteiger partial charge is 0.512 e. The highest BCUT2D eigenvalue weighted by atomic mass is 79.9. The molecule has 0 aliphatic rings. The van der Waals surface area contributed by atoms with E-state index in [-0.39, 0.29) is 0 Å². The highest BCUT2D eigenvalue weighted by Crippen LogP contribution is 2.28. The molecule has 0 amide bonds. The smallest absolute Gasteiger partial charge is 0.495 e. The van der Waals surface area contributed by atoms with Gasteiger partial charge in [0.1, 0.15) is 11.4 Å². The van der Waals surface area contributed by atoms with Crippen LogP contribution in [0.1, 0.15) is 20.8 Å². The average Bonchev–Trinajstić information content (AvgIpc) is 2.68. The van der Waals surface area contributed by atoms with Crippen LogP contribution in [0.25, 0.3) is 11.0 Å². The van der Waals surface area contributed by atoms with Gasteiger partial charge < -0.3 is 9.47 Å². The lowest BCUT2D eigenvalue weighted by molar-refractivity contribution is -0.345. The molecule has 5 nitrogen and oxygen atoms in total. The average molecular weight is 328 g/mol. The van der Waals surface area contributed by atoms with Crippen LogP contribution >= 0.6 is 15.9 Å². The molecule has 0 unspecified atom stereocenters. The van der Waals surface area contributed by atoms with Gasteiger partial charge in [0.15, 0.2) is 11.0 Å². The van der Waals surface area contributed by atoms with Crippen molar-refractivity contribution in [1.82, 2.24) is 4.57 Å². The number of imidazole rings is 1. The van der Waals surface area contributed by atoms with Crippen LogP contribution in [0.4, 0.5) is 4.79 Å². The molecule has 1 aromatic carbocycles. The van der Waals surface area contributed by atoms with Crippen molar-refractivity contribution >= 4 is 33.1 Å². The predicted octanol–water partition coefficient (Wildman–Crippen LogP) is 3.01. The molecule has 1 heterocycles. The van der Waals surface area contributed by atoms with Gasteiger partial charge in [-0.15, -0.1) is 4.57 Å². The number of aromatic amines is 1. The lowest BCUT2D eigenvalue weighted by atomic mass is 10.2. The van der Waals surface area contributed by atoms with E-state index in [0.717, 1.165) is 15.5 Å². The van der Waals surface area contributed by atoms with E-state index in [4.69, 9.17) is 9.47 Å². The molecule has 2 aromatic rings. The zero-order chi connectivity index (χ0) is 14.2. The molecule has 0 spiro atoms. The van der Waals surface area contributed by atoms with Gasteiger partial charge in [-0.25, -0.2) is 4.98 Å². The number of H-pyrrole nitrogens is 1. The zero-order valence-electron chi connectivity index (χ0n) is 11.3. The maximum atomic E-state index is 12.1. The van der Waals surface area contributed by atoms with Crippen molar-refractivity contribution in [3.8, 4) is 5.75 Å². The van der Waals surface area contributed by atoms with Gasteiger partial charge in [-0.05, 0) is 36.7 Å². The van der Waals surface area contributed by atoms with Crippen LogP contribution in [-0.4, -0.2) is 23.4 Å². The summed E-state index contributed by atoms with van der Waals surface area (Å²) in [7, 11) is 1.59. The first-order valence-corrected chi connectivity index (χ1v) is 6.61. The summed E-state index contributed by atoms with van der Waals surface area (Å²) in [6, 6.07) is 3.63. The van der Waals surface area contributed by atoms with Gasteiger partial charge in [0, 0.05) is 12.1 Å². The highest BCUT2D eigenvalue weighted by molar-refractivity contribution is 9.10. The zero-order valence-corrected chi connectivity index (χ0v) is 12.9. The molecule has 0 radical (unpaired) electrons. The molecule has 0 saturated heterocycles. The topological polar surface area (TPSA) is 54.6 Å². The maximum absolute atomic E-state index is 12.1. The summed E-state index contributed by atoms with van der Waals surface area (Å²) in [6.07, 6.45) is 1.15. The van der Waals surface area contributed by atoms with E-state index in [1.54, 1.807) is 13.4 Å². The molecule has 0 fully saturated rings. The Morgan fingerprint density at radius 1 is 1.37 bits per heavy atom. The third-order valence-corrected chi connectivity index (χ3v) is 3.09. The van der Waals surface area contributed by atoms with Crippen molar-refractivity contribution in [3.05, 3.63) is 22.9 Å². The summed E-state index contributed by atoms with van der Waals surface area (Å²) in [5.41, 5.74) is 0.991. The van der Waals surface area contributed by atoms with Crippen molar-refractivity contribution in [1.29, 1.82) is 0 Å². The number of benzene rings is 1. The molecule has 0 saturated carbocycles. The predicted molar refractivity (Wildman–Crippen MR) is 74.4 cm³/mol. The fraction of sp³-hybridized carbons (Fsp3) is 0.385. The number of methoxy groups -OCH3 is 1. The third kappa shape index (κ3) is 2.89. The van der Waals surface area contributed by atoms with E-state index in [1.807, 2.05) is 32.9 Å². The second-order valence-electron chi connectivity index (χ2n) is 5.13. The fourth-order valence-electron chi connectivity index (χ4n) is 1.68. The molecular weight excluding hydrogens is 312 g/mol. The SMILES string of the molecule is COc1cc2[nH+]cn(C(=O)OC(C)(C)C)c2cc1Br. The minimum Gasteiger partial charge on any atom is -0.495 e. The van der Waals surface area contributed by atoms with Crippen molar-refractivity contribution in [3.63, 3.8) is 0 Å². The third-order valence-electron chi connectivity index (χ3n) is 2.47. The molecule has 1 N–H and O–H groups in total. The van der Waals surface area contributed by atoms with E-state index >= 15 is 0 Å². The van der Waals surface area contributed by atoms with Crippen molar-refractivity contribution < 1.29 is 19.3 Å². The number of halogens is 1. The Morgan fingerprint density at radius 3 is 2.63 bits per heavy atom. The van der Waals surface area contributed by atoms with E-state index in [1.165, 1.54) is 4.57 Å². The van der Waals surface area contributed by atoms with Gasteiger partial charge in [0.2, 0.25) is 0 Å². The van der Waals surface area contributed by atoms with Crippen LogP contribution in [0.15, 0.2) is 22.9 Å². The van der Waals surface area contributed by atoms with Gasteiger partial charge in [-0.3, -0.25) is 0 Å². The van der Waals surface area contributed by atoms with Crippen LogP contribution in [0.5, 0.6) is 5.75 Å². The van der Waals surface area contributed by atoms with Crippen molar-refractivity contribution in [2.24, 2.45) is 0 Å². The number of fused-ring (bicyclic) bond motifs is 1. The Balaban J connectivity index is 2.46. The van der Waals surface area contributed by atoms with Gasteiger partial charge in [0.05, 0.1) is 11.6 Å². The van der Waals surface area contributed by atoms with E-state index in [0.29, 0.717) is 5.75 Å². The number of aromatic nitrogens is 2. The molecule has 1 aromatic heterocycles. The lowest BCUT2D eigenvalue weighted by Crippen LogP contribution is -2.27. The number of carbonyl (C=O) groups excluding carboxylic acids is 1. The summed E-state index contributed by atoms with van der Waals surface area (Å²) in [5, 5.41) is 0. The number of hydrogen-bond donors (Lipinski definition) is 0. The number of rotatable bonds is 1. The number of hydrogen-bond acceptors (Lipinski definition) is 3. The normalized spacial score (nSPS) is 11.6. The maximum Gasteiger partial charge on any atom is 0.512 e. The quantitative estimate of drug-likeness (QED) is 0.809. The minimum atomic E-state index is -0.530. The molecule has 0 aliphatic carbocycles. The fourth-order valence-corrected chi connectivity index (χ4v) is 2.17. The van der Waals surface area contributed by atoms with E-state index < -0.39 is 11.7 Å². The molecule has 0 aliphatic heterocycles. The van der Waals surface area contributed by atoms with Crippen LogP contribution < -0.4 is 9.72 Å². The molecule has 19 heavy (non-hydrogen) atoms. The standard InChI is InChI=1S/C13H15BrN2O3/c1-13(2,3)19-12(17)16-7-15-9-6-11(18-4)8(14)5-10(9)16/h5-7H,1-4H3/p+1. The van der Waals surface area contributed by atoms with Gasteiger partial charge in [-0.1, -0.05) is 0 Å². The van der Waals surface area contributed by atoms with Gasteiger partial charge in [0.25, 0.3) is 6.33 Å². The molecule has 2 rings (SSSR count). The summed E-state index contributed by atoms with van der Waals surface area (Å²) in [4.78, 5) is 15.1. The molecule has 102 valence electrons. The molecule has 0 bridgehead atoms. The van der Waals surface area contributed by atoms with Crippen molar-refractivity contribution in [2.45, 2.75) is 26.4 Å². The van der Waals surface area contributed by atoms with E-state index in [2.05, 4.69) is 20.9 Å². The van der Waals surface area contributed by atoms with Crippen LogP contribution in [0, 0.1) is 0 Å². The molecular formula is C13H16BrN2O3+. The second-order valence-corrected chi connectivity index (χ2v) is 5.98. The van der Waals surface area contributed by atoms with Gasteiger partial charge in [-0.2, -0.15) is 4.79 Å². The summed E-state index contributed by atoms with van der Waals surface area (Å²) in [6.45, 7) is 5.50. The second kappa shape index (κ2) is 4.85. The summed E-state index contributed by atoms with van der Waals surface area (Å²) in [5.74, 6) is 0.700. The Labute approximate surface area is 119 Å². The van der Waals surface area contributed by atoms with Gasteiger partial charge >= 0.3 is 6.09 Å². The first-order chi connectivity index (χ1) is 8.81. The summed E-state index contributed by atoms with van der Waals surface area (Å²) >= 11 is 3.40. The Bertz CT molecular complexity index is 629. The van der Waals surface area contributed by atoms with E-state index in [9.17, 15) is 4.79 Å². The van der Waals surface area contributed by atoms with Crippen LogP contribution in [0.3, 0.4) is 0 Å². The first-order valence-electron chi connectivity index (χ1n) is 5.81. The highest BCUT2D eigenvalue weighted by Gasteiger charge is 2.25. The Morgan fingerprint density at radius 2 is 2.05 bits per heavy atom. The number of ether oxygens (including phenoxy) is 2. The first kappa shape index (κ1) is 13.9. The number of nitrogens with one attached hydrogen (secondary N) is 1. The monoisotopic (exact) mass is 327 g/mol.